The van der Waals surface area contributed by atoms with E-state index in [9.17, 15) is 14.9 Å². The van der Waals surface area contributed by atoms with E-state index in [0.717, 1.165) is 23.0 Å². The third kappa shape index (κ3) is 7.00. The third-order valence-electron chi connectivity index (χ3n) is 5.43. The quantitative estimate of drug-likeness (QED) is 0.210. The van der Waals surface area contributed by atoms with E-state index in [0.29, 0.717) is 26.3 Å². The SMILES string of the molecule is CN(c1ccc([N+](=O)[O-])cc1C=NNC(=O)COc1c(Br)cc(Br)cc1Br)C1CCCCC1. The molecular formula is C22H23Br3N4O4. The van der Waals surface area contributed by atoms with Crippen LogP contribution in [0.15, 0.2) is 48.9 Å². The van der Waals surface area contributed by atoms with Crippen molar-refractivity contribution in [1.82, 2.24) is 5.43 Å². The Morgan fingerprint density at radius 1 is 1.21 bits per heavy atom. The molecule has 0 atom stereocenters. The lowest BCUT2D eigenvalue weighted by atomic mass is 9.94. The Kier molecular flexibility index (Phi) is 9.27. The number of halogens is 3. The van der Waals surface area contributed by atoms with E-state index in [2.05, 4.69) is 63.2 Å². The van der Waals surface area contributed by atoms with Crippen molar-refractivity contribution in [3.8, 4) is 5.75 Å². The number of non-ortho nitro benzene ring substituents is 1. The van der Waals surface area contributed by atoms with Gasteiger partial charge in [-0.2, -0.15) is 5.10 Å². The number of rotatable bonds is 8. The van der Waals surface area contributed by atoms with Crippen molar-refractivity contribution in [1.29, 1.82) is 0 Å². The number of ether oxygens (including phenoxy) is 1. The van der Waals surface area contributed by atoms with Gasteiger partial charge in [0, 0.05) is 40.9 Å². The highest BCUT2D eigenvalue weighted by Gasteiger charge is 2.21. The zero-order valence-corrected chi connectivity index (χ0v) is 22.7. The van der Waals surface area contributed by atoms with Crippen molar-refractivity contribution in [3.63, 3.8) is 0 Å². The van der Waals surface area contributed by atoms with Gasteiger partial charge in [0.2, 0.25) is 0 Å². The number of carbonyl (C=O) groups excluding carboxylic acids is 1. The van der Waals surface area contributed by atoms with E-state index in [-0.39, 0.29) is 12.3 Å². The largest absolute Gasteiger partial charge is 0.481 e. The molecule has 1 aliphatic rings. The topological polar surface area (TPSA) is 97.1 Å². The highest BCUT2D eigenvalue weighted by atomic mass is 79.9. The number of amides is 1. The van der Waals surface area contributed by atoms with Gasteiger partial charge in [-0.05, 0) is 62.9 Å². The van der Waals surface area contributed by atoms with Crippen molar-refractivity contribution in [3.05, 3.63) is 59.4 Å². The zero-order chi connectivity index (χ0) is 24.0. The second kappa shape index (κ2) is 11.9. The number of nitrogens with zero attached hydrogens (tertiary/aromatic N) is 3. The summed E-state index contributed by atoms with van der Waals surface area (Å²) in [7, 11) is 1.99. The molecule has 0 aromatic heterocycles. The van der Waals surface area contributed by atoms with E-state index in [1.807, 2.05) is 19.2 Å². The van der Waals surface area contributed by atoms with Gasteiger partial charge in [-0.3, -0.25) is 14.9 Å². The summed E-state index contributed by atoms with van der Waals surface area (Å²) in [6, 6.07) is 8.69. The zero-order valence-electron chi connectivity index (χ0n) is 17.9. The maximum atomic E-state index is 12.2. The Morgan fingerprint density at radius 2 is 1.88 bits per heavy atom. The molecule has 8 nitrogen and oxygen atoms in total. The maximum absolute atomic E-state index is 12.2. The predicted octanol–water partition coefficient (Wildman–Crippen LogP) is 6.18. The molecule has 1 amide bonds. The second-order valence-electron chi connectivity index (χ2n) is 7.68. The third-order valence-corrected chi connectivity index (χ3v) is 7.06. The Bertz CT molecular complexity index is 1030. The summed E-state index contributed by atoms with van der Waals surface area (Å²) in [5.41, 5.74) is 3.80. The average molecular weight is 647 g/mol. The van der Waals surface area contributed by atoms with Crippen LogP contribution in [-0.2, 0) is 4.79 Å². The number of nitrogens with one attached hydrogen (secondary N) is 1. The Labute approximate surface area is 217 Å². The summed E-state index contributed by atoms with van der Waals surface area (Å²) in [6.45, 7) is -0.250. The molecule has 0 radical (unpaired) electrons. The molecule has 0 unspecified atom stereocenters. The van der Waals surface area contributed by atoms with Crippen LogP contribution in [0, 0.1) is 10.1 Å². The number of carbonyl (C=O) groups is 1. The number of nitro benzene ring substituents is 1. The van der Waals surface area contributed by atoms with Crippen molar-refractivity contribution in [2.45, 2.75) is 38.1 Å². The summed E-state index contributed by atoms with van der Waals surface area (Å²) in [5.74, 6) is 0.0352. The fraction of sp³-hybridized carbons (Fsp3) is 0.364. The molecular weight excluding hydrogens is 624 g/mol. The van der Waals surface area contributed by atoms with Crippen LogP contribution in [0.5, 0.6) is 5.75 Å². The summed E-state index contributed by atoms with van der Waals surface area (Å²) >= 11 is 10.2. The fourth-order valence-electron chi connectivity index (χ4n) is 3.76. The van der Waals surface area contributed by atoms with Gasteiger partial charge in [0.15, 0.2) is 6.61 Å². The Hall–Kier alpha value is -1.98. The number of nitro groups is 1. The van der Waals surface area contributed by atoms with Gasteiger partial charge in [-0.25, -0.2) is 5.43 Å². The molecule has 1 saturated carbocycles. The van der Waals surface area contributed by atoms with Gasteiger partial charge in [0.05, 0.1) is 20.1 Å². The van der Waals surface area contributed by atoms with Crippen LogP contribution in [0.2, 0.25) is 0 Å². The summed E-state index contributed by atoms with van der Waals surface area (Å²) in [5, 5.41) is 15.3. The molecule has 2 aromatic carbocycles. The van der Waals surface area contributed by atoms with Crippen LogP contribution >= 0.6 is 47.8 Å². The minimum absolute atomic E-state index is 0.0307. The van der Waals surface area contributed by atoms with Crippen LogP contribution in [0.3, 0.4) is 0 Å². The van der Waals surface area contributed by atoms with Gasteiger partial charge >= 0.3 is 0 Å². The molecule has 1 fully saturated rings. The van der Waals surface area contributed by atoms with Crippen LogP contribution in [0.25, 0.3) is 0 Å². The average Bonchev–Trinajstić information content (AvgIpc) is 2.78. The number of hydrogen-bond donors (Lipinski definition) is 1. The van der Waals surface area contributed by atoms with E-state index in [1.54, 1.807) is 6.07 Å². The molecule has 0 spiro atoms. The normalized spacial score (nSPS) is 14.3. The minimum Gasteiger partial charge on any atom is -0.481 e. The van der Waals surface area contributed by atoms with Crippen LogP contribution in [-0.4, -0.2) is 36.7 Å². The number of hydrazone groups is 1. The number of hydrogen-bond acceptors (Lipinski definition) is 6. The van der Waals surface area contributed by atoms with Gasteiger partial charge in [0.25, 0.3) is 11.6 Å². The van der Waals surface area contributed by atoms with Crippen LogP contribution in [0.1, 0.15) is 37.7 Å². The molecule has 1 N–H and O–H groups in total. The van der Waals surface area contributed by atoms with Crippen LogP contribution < -0.4 is 15.1 Å². The highest BCUT2D eigenvalue weighted by Crippen LogP contribution is 2.36. The Balaban J connectivity index is 1.69. The summed E-state index contributed by atoms with van der Waals surface area (Å²) < 4.78 is 7.81. The smallest absolute Gasteiger partial charge is 0.277 e. The lowest BCUT2D eigenvalue weighted by Gasteiger charge is -2.33. The van der Waals surface area contributed by atoms with Crippen molar-refractivity contribution < 1.29 is 14.5 Å². The molecule has 0 aliphatic heterocycles. The van der Waals surface area contributed by atoms with Gasteiger partial charge < -0.3 is 9.64 Å². The molecule has 3 rings (SSSR count). The number of anilines is 1. The fourth-order valence-corrected chi connectivity index (χ4v) is 6.24. The first kappa shape index (κ1) is 25.6. The number of benzene rings is 2. The first-order chi connectivity index (χ1) is 15.8. The van der Waals surface area contributed by atoms with Crippen molar-refractivity contribution in [2.75, 3.05) is 18.6 Å². The Morgan fingerprint density at radius 3 is 2.52 bits per heavy atom. The molecule has 0 saturated heterocycles. The van der Waals surface area contributed by atoms with Gasteiger partial charge in [-0.15, -0.1) is 0 Å². The lowest BCUT2D eigenvalue weighted by molar-refractivity contribution is -0.384. The molecule has 1 aliphatic carbocycles. The molecule has 2 aromatic rings. The van der Waals surface area contributed by atoms with E-state index >= 15 is 0 Å². The van der Waals surface area contributed by atoms with Crippen molar-refractivity contribution in [2.24, 2.45) is 5.10 Å². The molecule has 176 valence electrons. The highest BCUT2D eigenvalue weighted by molar-refractivity contribution is 9.11. The van der Waals surface area contributed by atoms with Crippen molar-refractivity contribution >= 4 is 71.3 Å². The predicted molar refractivity (Wildman–Crippen MR) is 139 cm³/mol. The maximum Gasteiger partial charge on any atom is 0.277 e. The summed E-state index contributed by atoms with van der Waals surface area (Å²) in [4.78, 5) is 25.2. The van der Waals surface area contributed by atoms with Crippen LogP contribution in [0.4, 0.5) is 11.4 Å². The van der Waals surface area contributed by atoms with Gasteiger partial charge in [-0.1, -0.05) is 35.2 Å². The second-order valence-corrected chi connectivity index (χ2v) is 10.3. The molecule has 0 heterocycles. The van der Waals surface area contributed by atoms with E-state index in [4.69, 9.17) is 4.74 Å². The van der Waals surface area contributed by atoms with E-state index in [1.165, 1.54) is 37.6 Å². The summed E-state index contributed by atoms with van der Waals surface area (Å²) in [6.07, 6.45) is 7.18. The lowest BCUT2D eigenvalue weighted by Crippen LogP contribution is -2.34. The first-order valence-electron chi connectivity index (χ1n) is 10.4. The van der Waals surface area contributed by atoms with Gasteiger partial charge in [0.1, 0.15) is 5.75 Å². The standard InChI is InChI=1S/C22H23Br3N4O4/c1-28(16-5-3-2-4-6-16)20-8-7-17(29(31)32)9-14(20)12-26-27-21(30)13-33-22-18(24)10-15(23)11-19(22)25/h7-12,16H,2-6,13H2,1H3,(H,27,30). The van der Waals surface area contributed by atoms with E-state index < -0.39 is 10.8 Å². The monoisotopic (exact) mass is 644 g/mol. The molecule has 0 bridgehead atoms. The first-order valence-corrected chi connectivity index (χ1v) is 12.7. The molecule has 33 heavy (non-hydrogen) atoms. The minimum atomic E-state index is -0.458. The molecule has 11 heteroatoms.